The van der Waals surface area contributed by atoms with Gasteiger partial charge in [0, 0.05) is 24.0 Å². The fraction of sp³-hybridized carbons (Fsp3) is 0.133. The molecule has 3 rings (SSSR count). The molecule has 0 aliphatic heterocycles. The number of aryl methyl sites for hydroxylation is 1. The highest BCUT2D eigenvalue weighted by Crippen LogP contribution is 2.29. The largest absolute Gasteiger partial charge is 0.495 e. The van der Waals surface area contributed by atoms with Gasteiger partial charge in [0.25, 0.3) is 10.0 Å². The average molecular weight is 302 g/mol. The van der Waals surface area contributed by atoms with Crippen molar-refractivity contribution in [3.63, 3.8) is 0 Å². The lowest BCUT2D eigenvalue weighted by molar-refractivity contribution is 0.402. The van der Waals surface area contributed by atoms with Gasteiger partial charge in [0.2, 0.25) is 0 Å². The third-order valence-electron chi connectivity index (χ3n) is 3.31. The Bertz CT molecular complexity index is 914. The maximum Gasteiger partial charge on any atom is 0.271 e. The van der Waals surface area contributed by atoms with E-state index >= 15 is 0 Å². The third kappa shape index (κ3) is 2.17. The van der Waals surface area contributed by atoms with Crippen LogP contribution in [-0.2, 0) is 10.0 Å². The minimum Gasteiger partial charge on any atom is -0.495 e. The van der Waals surface area contributed by atoms with Crippen molar-refractivity contribution in [1.29, 1.82) is 0 Å². The molecule has 6 heteroatoms. The number of benzene rings is 1. The molecule has 0 amide bonds. The van der Waals surface area contributed by atoms with E-state index in [0.29, 0.717) is 11.3 Å². The van der Waals surface area contributed by atoms with Crippen LogP contribution in [0.25, 0.3) is 10.9 Å². The second kappa shape index (κ2) is 4.89. The summed E-state index contributed by atoms with van der Waals surface area (Å²) in [4.78, 5) is 4.15. The van der Waals surface area contributed by atoms with E-state index < -0.39 is 10.0 Å². The van der Waals surface area contributed by atoms with E-state index in [1.807, 2.05) is 13.0 Å². The second-order valence-electron chi connectivity index (χ2n) is 4.71. The molecule has 0 aliphatic carbocycles. The number of ether oxygens (including phenoxy) is 1. The predicted molar refractivity (Wildman–Crippen MR) is 80.0 cm³/mol. The molecule has 0 bridgehead atoms. The van der Waals surface area contributed by atoms with Crippen LogP contribution in [0.1, 0.15) is 5.56 Å². The molecule has 0 spiro atoms. The number of hydrogen-bond donors (Lipinski definition) is 0. The maximum atomic E-state index is 12.9. The minimum atomic E-state index is -3.72. The molecule has 0 unspecified atom stereocenters. The van der Waals surface area contributed by atoms with Gasteiger partial charge in [-0.3, -0.25) is 4.98 Å². The molecule has 3 aromatic rings. The smallest absolute Gasteiger partial charge is 0.271 e. The van der Waals surface area contributed by atoms with E-state index in [1.54, 1.807) is 36.7 Å². The van der Waals surface area contributed by atoms with Gasteiger partial charge in [0.15, 0.2) is 0 Å². The van der Waals surface area contributed by atoms with Gasteiger partial charge in [-0.25, -0.2) is 12.4 Å². The third-order valence-corrected chi connectivity index (χ3v) is 5.02. The number of pyridine rings is 1. The van der Waals surface area contributed by atoms with Gasteiger partial charge in [0.1, 0.15) is 10.6 Å². The van der Waals surface area contributed by atoms with Crippen molar-refractivity contribution in [2.24, 2.45) is 0 Å². The highest BCUT2D eigenvalue weighted by molar-refractivity contribution is 7.90. The summed E-state index contributed by atoms with van der Waals surface area (Å²) >= 11 is 0. The quantitative estimate of drug-likeness (QED) is 0.746. The molecule has 21 heavy (non-hydrogen) atoms. The van der Waals surface area contributed by atoms with E-state index in [-0.39, 0.29) is 4.90 Å². The molecule has 0 fully saturated rings. The molecule has 0 radical (unpaired) electrons. The van der Waals surface area contributed by atoms with Crippen LogP contribution in [-0.4, -0.2) is 24.5 Å². The highest BCUT2D eigenvalue weighted by atomic mass is 32.2. The Morgan fingerprint density at radius 2 is 2.00 bits per heavy atom. The highest BCUT2D eigenvalue weighted by Gasteiger charge is 2.23. The SMILES string of the molecule is COc1ccc(C)cc1S(=O)(=O)n1ccc2cnccc21. The first kappa shape index (κ1) is 13.6. The van der Waals surface area contributed by atoms with Gasteiger partial charge in [-0.1, -0.05) is 6.07 Å². The van der Waals surface area contributed by atoms with Crippen LogP contribution in [0.5, 0.6) is 5.75 Å². The minimum absolute atomic E-state index is 0.152. The summed E-state index contributed by atoms with van der Waals surface area (Å²) in [7, 11) is -2.26. The van der Waals surface area contributed by atoms with Crippen molar-refractivity contribution in [3.8, 4) is 5.75 Å². The van der Waals surface area contributed by atoms with Crippen LogP contribution in [0.15, 0.2) is 53.8 Å². The van der Waals surface area contributed by atoms with E-state index in [4.69, 9.17) is 4.74 Å². The normalized spacial score (nSPS) is 11.7. The average Bonchev–Trinajstić information content (AvgIpc) is 2.92. The lowest BCUT2D eigenvalue weighted by atomic mass is 10.2. The Balaban J connectivity index is 2.28. The zero-order valence-corrected chi connectivity index (χ0v) is 12.5. The fourth-order valence-corrected chi connectivity index (χ4v) is 3.86. The summed E-state index contributed by atoms with van der Waals surface area (Å²) in [5, 5.41) is 0.771. The molecular formula is C15H14N2O3S. The first-order valence-electron chi connectivity index (χ1n) is 6.35. The standard InChI is InChI=1S/C15H14N2O3S/c1-11-3-4-14(20-2)15(9-11)21(18,19)17-8-6-12-10-16-7-5-13(12)17/h3-10H,1-2H3. The lowest BCUT2D eigenvalue weighted by Crippen LogP contribution is -2.13. The van der Waals surface area contributed by atoms with Gasteiger partial charge in [-0.2, -0.15) is 0 Å². The van der Waals surface area contributed by atoms with E-state index in [9.17, 15) is 8.42 Å². The van der Waals surface area contributed by atoms with Crippen molar-refractivity contribution >= 4 is 20.9 Å². The van der Waals surface area contributed by atoms with Gasteiger partial charge in [0.05, 0.1) is 12.6 Å². The summed E-state index contributed by atoms with van der Waals surface area (Å²) in [6.07, 6.45) is 4.74. The fourth-order valence-electron chi connectivity index (χ4n) is 2.26. The number of rotatable bonds is 3. The number of nitrogens with zero attached hydrogens (tertiary/aromatic N) is 2. The summed E-state index contributed by atoms with van der Waals surface area (Å²) in [5.74, 6) is 0.330. The Morgan fingerprint density at radius 1 is 1.19 bits per heavy atom. The second-order valence-corrected chi connectivity index (χ2v) is 6.49. The summed E-state index contributed by atoms with van der Waals surface area (Å²) < 4.78 is 32.3. The number of fused-ring (bicyclic) bond motifs is 1. The Kier molecular flexibility index (Phi) is 3.17. The molecule has 108 valence electrons. The maximum absolute atomic E-state index is 12.9. The van der Waals surface area contributed by atoms with Crippen LogP contribution >= 0.6 is 0 Å². The van der Waals surface area contributed by atoms with Crippen LogP contribution in [0, 0.1) is 6.92 Å². The first-order chi connectivity index (χ1) is 10.0. The molecule has 0 saturated carbocycles. The molecular weight excluding hydrogens is 288 g/mol. The van der Waals surface area contributed by atoms with Crippen molar-refractivity contribution in [3.05, 3.63) is 54.5 Å². The molecule has 0 aliphatic rings. The summed E-state index contributed by atoms with van der Waals surface area (Å²) in [5.41, 5.74) is 1.45. The van der Waals surface area contributed by atoms with Crippen molar-refractivity contribution in [2.75, 3.05) is 7.11 Å². The van der Waals surface area contributed by atoms with Crippen LogP contribution in [0.3, 0.4) is 0 Å². The van der Waals surface area contributed by atoms with E-state index in [0.717, 1.165) is 10.9 Å². The van der Waals surface area contributed by atoms with Gasteiger partial charge < -0.3 is 4.74 Å². The predicted octanol–water partition coefficient (Wildman–Crippen LogP) is 2.59. The van der Waals surface area contributed by atoms with Gasteiger partial charge in [-0.05, 0) is 36.8 Å². The van der Waals surface area contributed by atoms with E-state index in [1.165, 1.54) is 17.3 Å². The molecule has 1 aromatic carbocycles. The van der Waals surface area contributed by atoms with Crippen molar-refractivity contribution < 1.29 is 13.2 Å². The summed E-state index contributed by atoms with van der Waals surface area (Å²) in [6, 6.07) is 8.49. The Morgan fingerprint density at radius 3 is 2.76 bits per heavy atom. The van der Waals surface area contributed by atoms with E-state index in [2.05, 4.69) is 4.98 Å². The Hall–Kier alpha value is -2.34. The first-order valence-corrected chi connectivity index (χ1v) is 7.79. The van der Waals surface area contributed by atoms with Crippen LogP contribution in [0.4, 0.5) is 0 Å². The molecule has 0 saturated heterocycles. The molecule has 0 atom stereocenters. The number of methoxy groups -OCH3 is 1. The van der Waals surface area contributed by atoms with Gasteiger partial charge >= 0.3 is 0 Å². The molecule has 5 nitrogen and oxygen atoms in total. The van der Waals surface area contributed by atoms with Crippen molar-refractivity contribution in [2.45, 2.75) is 11.8 Å². The zero-order chi connectivity index (χ0) is 15.0. The monoisotopic (exact) mass is 302 g/mol. The topological polar surface area (TPSA) is 61.2 Å². The van der Waals surface area contributed by atoms with Crippen LogP contribution in [0.2, 0.25) is 0 Å². The molecule has 2 heterocycles. The molecule has 2 aromatic heterocycles. The number of aromatic nitrogens is 2. The Labute approximate surface area is 122 Å². The van der Waals surface area contributed by atoms with Gasteiger partial charge in [-0.15, -0.1) is 0 Å². The molecule has 0 N–H and O–H groups in total. The lowest BCUT2D eigenvalue weighted by Gasteiger charge is -2.12. The number of hydrogen-bond acceptors (Lipinski definition) is 4. The van der Waals surface area contributed by atoms with Crippen molar-refractivity contribution in [1.82, 2.24) is 8.96 Å². The summed E-state index contributed by atoms with van der Waals surface area (Å²) in [6.45, 7) is 1.84. The van der Waals surface area contributed by atoms with Crippen LogP contribution < -0.4 is 4.74 Å². The zero-order valence-electron chi connectivity index (χ0n) is 11.6.